The van der Waals surface area contributed by atoms with E-state index in [0.29, 0.717) is 0 Å². The lowest BCUT2D eigenvalue weighted by molar-refractivity contribution is -0.140. The van der Waals surface area contributed by atoms with Crippen LogP contribution < -0.4 is 0 Å². The number of carbonyl (C=O) groups excluding carboxylic acids is 1. The molecule has 1 heterocycles. The summed E-state index contributed by atoms with van der Waals surface area (Å²) >= 11 is 6.79. The van der Waals surface area contributed by atoms with Crippen molar-refractivity contribution in [3.63, 3.8) is 0 Å². The van der Waals surface area contributed by atoms with E-state index < -0.39 is 17.7 Å². The highest BCUT2D eigenvalue weighted by molar-refractivity contribution is 7.99. The Morgan fingerprint density at radius 2 is 2.17 bits per heavy atom. The van der Waals surface area contributed by atoms with Gasteiger partial charge in [0.25, 0.3) is 0 Å². The monoisotopic (exact) mass is 380 g/mol. The predicted molar refractivity (Wildman–Crippen MR) is 82.0 cm³/mol. The Bertz CT molecular complexity index is 723. The minimum atomic E-state index is -4.61. The minimum absolute atomic E-state index is 0.0441. The Morgan fingerprint density at radius 1 is 1.42 bits per heavy atom. The molecule has 0 radical (unpaired) electrons. The van der Waals surface area contributed by atoms with E-state index in [2.05, 4.69) is 15.5 Å². The lowest BCUT2D eigenvalue weighted by atomic mass is 10.1. The molecule has 0 saturated carbocycles. The third kappa shape index (κ3) is 4.60. The molecule has 0 amide bonds. The van der Waals surface area contributed by atoms with Gasteiger partial charge in [0, 0.05) is 5.02 Å². The molecule has 130 valence electrons. The summed E-state index contributed by atoms with van der Waals surface area (Å²) in [5, 5.41) is 10.7. The van der Waals surface area contributed by atoms with Crippen LogP contribution in [0.1, 0.15) is 18.3 Å². The largest absolute Gasteiger partial charge is 0.465 e. The van der Waals surface area contributed by atoms with Gasteiger partial charge >= 0.3 is 12.1 Å². The molecule has 0 fully saturated rings. The van der Waals surface area contributed by atoms with Crippen LogP contribution in [0.15, 0.2) is 18.2 Å². The molecule has 0 N–H and O–H groups in total. The summed E-state index contributed by atoms with van der Waals surface area (Å²) in [4.78, 5) is 11.3. The van der Waals surface area contributed by atoms with Crippen LogP contribution in [0.2, 0.25) is 5.02 Å². The van der Waals surface area contributed by atoms with Crippen molar-refractivity contribution in [2.75, 3.05) is 12.4 Å². The van der Waals surface area contributed by atoms with Gasteiger partial charge in [-0.1, -0.05) is 11.6 Å². The minimum Gasteiger partial charge on any atom is -0.465 e. The van der Waals surface area contributed by atoms with Crippen molar-refractivity contribution < 1.29 is 22.7 Å². The van der Waals surface area contributed by atoms with Crippen LogP contribution in [0.25, 0.3) is 5.69 Å². The zero-order valence-corrected chi connectivity index (χ0v) is 14.0. The normalized spacial score (nSPS) is 11.5. The van der Waals surface area contributed by atoms with Gasteiger partial charge in [0.15, 0.2) is 5.82 Å². The fourth-order valence-electron chi connectivity index (χ4n) is 1.83. The molecule has 0 bridgehead atoms. The number of thioether (sulfide) groups is 1. The number of ether oxygens (including phenoxy) is 1. The number of rotatable bonds is 6. The zero-order valence-electron chi connectivity index (χ0n) is 12.4. The van der Waals surface area contributed by atoms with Gasteiger partial charge in [0.2, 0.25) is 0 Å². The first-order valence-electron chi connectivity index (χ1n) is 6.70. The van der Waals surface area contributed by atoms with E-state index in [1.54, 1.807) is 6.92 Å². The summed E-state index contributed by atoms with van der Waals surface area (Å²) in [6.07, 6.45) is -4.61. The molecule has 2 rings (SSSR count). The number of esters is 1. The number of aromatic nitrogens is 4. The Labute approximate surface area is 144 Å². The zero-order chi connectivity index (χ0) is 17.7. The van der Waals surface area contributed by atoms with Crippen molar-refractivity contribution in [1.29, 1.82) is 0 Å². The summed E-state index contributed by atoms with van der Waals surface area (Å²) in [5.74, 6) is -0.0414. The summed E-state index contributed by atoms with van der Waals surface area (Å²) in [5.41, 5.74) is -1.18. The molecule has 0 atom stereocenters. The van der Waals surface area contributed by atoms with Crippen LogP contribution in [-0.4, -0.2) is 38.5 Å². The van der Waals surface area contributed by atoms with E-state index in [9.17, 15) is 18.0 Å². The van der Waals surface area contributed by atoms with E-state index in [-0.39, 0.29) is 34.6 Å². The van der Waals surface area contributed by atoms with Gasteiger partial charge in [-0.2, -0.15) is 17.9 Å². The van der Waals surface area contributed by atoms with Crippen molar-refractivity contribution in [2.24, 2.45) is 0 Å². The molecule has 0 spiro atoms. The van der Waals surface area contributed by atoms with Gasteiger partial charge in [-0.3, -0.25) is 4.79 Å². The second kappa shape index (κ2) is 7.84. The van der Waals surface area contributed by atoms with E-state index in [1.807, 2.05) is 0 Å². The number of hydrogen-bond acceptors (Lipinski definition) is 6. The van der Waals surface area contributed by atoms with Crippen LogP contribution in [0.3, 0.4) is 0 Å². The van der Waals surface area contributed by atoms with Crippen LogP contribution in [0.5, 0.6) is 0 Å². The molecule has 1 aromatic heterocycles. The average molecular weight is 381 g/mol. The molecule has 1 aromatic carbocycles. The first-order chi connectivity index (χ1) is 11.3. The molecular weight excluding hydrogens is 369 g/mol. The van der Waals surface area contributed by atoms with Crippen LogP contribution >= 0.6 is 23.4 Å². The first kappa shape index (κ1) is 18.5. The summed E-state index contributed by atoms with van der Waals surface area (Å²) in [6, 6.07) is 3.33. The van der Waals surface area contributed by atoms with Gasteiger partial charge in [0.05, 0.1) is 29.4 Å². The van der Waals surface area contributed by atoms with Crippen molar-refractivity contribution in [2.45, 2.75) is 18.9 Å². The first-order valence-corrected chi connectivity index (χ1v) is 8.24. The molecule has 0 aliphatic rings. The van der Waals surface area contributed by atoms with Crippen molar-refractivity contribution in [3.05, 3.63) is 34.6 Å². The lowest BCUT2D eigenvalue weighted by Crippen LogP contribution is -2.13. The van der Waals surface area contributed by atoms with Gasteiger partial charge in [-0.05, 0) is 35.5 Å². The number of tetrazole rings is 1. The number of nitrogens with zero attached hydrogens (tertiary/aromatic N) is 4. The Morgan fingerprint density at radius 3 is 2.83 bits per heavy atom. The maximum absolute atomic E-state index is 13.2. The molecular formula is C13H12ClF3N4O2S. The molecule has 11 heteroatoms. The molecule has 0 aliphatic carbocycles. The highest BCUT2D eigenvalue weighted by Crippen LogP contribution is 2.35. The molecule has 2 aromatic rings. The summed E-state index contributed by atoms with van der Waals surface area (Å²) < 4.78 is 45.3. The van der Waals surface area contributed by atoms with Crippen molar-refractivity contribution >= 4 is 29.3 Å². The van der Waals surface area contributed by atoms with E-state index >= 15 is 0 Å². The highest BCUT2D eigenvalue weighted by Gasteiger charge is 2.35. The van der Waals surface area contributed by atoms with E-state index in [4.69, 9.17) is 16.3 Å². The summed E-state index contributed by atoms with van der Waals surface area (Å²) in [7, 11) is 0. The maximum Gasteiger partial charge on any atom is 0.418 e. The number of alkyl halides is 3. The van der Waals surface area contributed by atoms with Crippen molar-refractivity contribution in [1.82, 2.24) is 20.2 Å². The lowest BCUT2D eigenvalue weighted by Gasteiger charge is -2.13. The van der Waals surface area contributed by atoms with Crippen LogP contribution in [0.4, 0.5) is 13.2 Å². The number of hydrogen-bond donors (Lipinski definition) is 0. The Balaban J connectivity index is 2.23. The van der Waals surface area contributed by atoms with E-state index in [0.717, 1.165) is 22.5 Å². The molecule has 0 aliphatic heterocycles. The fourth-order valence-corrected chi connectivity index (χ4v) is 2.72. The maximum atomic E-state index is 13.2. The number of benzene rings is 1. The predicted octanol–water partition coefficient (Wildman–Crippen LogP) is 3.13. The van der Waals surface area contributed by atoms with E-state index in [1.165, 1.54) is 12.1 Å². The third-order valence-electron chi connectivity index (χ3n) is 2.78. The van der Waals surface area contributed by atoms with Gasteiger partial charge < -0.3 is 4.74 Å². The van der Waals surface area contributed by atoms with Crippen molar-refractivity contribution in [3.8, 4) is 5.69 Å². The highest BCUT2D eigenvalue weighted by atomic mass is 35.5. The second-order valence-electron chi connectivity index (χ2n) is 4.46. The topological polar surface area (TPSA) is 69.9 Å². The quantitative estimate of drug-likeness (QED) is 0.717. The number of carbonyl (C=O) groups is 1. The molecule has 0 saturated heterocycles. The van der Waals surface area contributed by atoms with Gasteiger partial charge in [0.1, 0.15) is 0 Å². The average Bonchev–Trinajstić information content (AvgIpc) is 2.95. The van der Waals surface area contributed by atoms with Gasteiger partial charge in [-0.15, -0.1) is 16.9 Å². The van der Waals surface area contributed by atoms with Crippen LogP contribution in [-0.2, 0) is 21.5 Å². The third-order valence-corrected chi connectivity index (χ3v) is 3.92. The molecule has 6 nitrogen and oxygen atoms in total. The number of halogens is 4. The van der Waals surface area contributed by atoms with Crippen LogP contribution in [0, 0.1) is 0 Å². The van der Waals surface area contributed by atoms with Gasteiger partial charge in [-0.25, -0.2) is 0 Å². The second-order valence-corrected chi connectivity index (χ2v) is 5.89. The molecule has 0 unspecified atom stereocenters. The smallest absolute Gasteiger partial charge is 0.418 e. The standard InChI is InChI=1S/C13H12ClF3N4O2S/c1-2-23-12(22)7-24-6-11-18-19-20-21(11)10-4-3-8(14)5-9(10)13(15,16)17/h3-5H,2,6-7H2,1H3. The molecule has 24 heavy (non-hydrogen) atoms. The fraction of sp³-hybridized carbons (Fsp3) is 0.385. The Hall–Kier alpha value is -1.81. The Kier molecular flexibility index (Phi) is 6.05. The summed E-state index contributed by atoms with van der Waals surface area (Å²) in [6.45, 7) is 1.94. The SMILES string of the molecule is CCOC(=O)CSCc1nnnn1-c1ccc(Cl)cc1C(F)(F)F.